The Labute approximate surface area is 106 Å². The summed E-state index contributed by atoms with van der Waals surface area (Å²) in [5, 5.41) is 0. The van der Waals surface area contributed by atoms with Crippen LogP contribution in [0.5, 0.6) is 0 Å². The highest BCUT2D eigenvalue weighted by molar-refractivity contribution is 5.58. The Bertz CT molecular complexity index is 531. The van der Waals surface area contributed by atoms with Gasteiger partial charge in [0.05, 0.1) is 17.4 Å². The van der Waals surface area contributed by atoms with E-state index in [9.17, 15) is 4.39 Å². The first-order valence-electron chi connectivity index (χ1n) is 6.13. The van der Waals surface area contributed by atoms with E-state index < -0.39 is 5.54 Å². The lowest BCUT2D eigenvalue weighted by atomic mass is 9.97. The van der Waals surface area contributed by atoms with Crippen LogP contribution in [-0.2, 0) is 5.54 Å². The molecule has 3 N–H and O–H groups in total. The number of rotatable bonds is 4. The van der Waals surface area contributed by atoms with Gasteiger partial charge in [0, 0.05) is 5.56 Å². The van der Waals surface area contributed by atoms with Crippen molar-refractivity contribution in [1.82, 2.24) is 9.97 Å². The predicted molar refractivity (Wildman–Crippen MR) is 70.4 cm³/mol. The second-order valence-electron chi connectivity index (χ2n) is 4.82. The number of nitrogens with zero attached hydrogens (tertiary/aromatic N) is 1. The van der Waals surface area contributed by atoms with E-state index in [1.165, 1.54) is 12.1 Å². The van der Waals surface area contributed by atoms with Gasteiger partial charge in [-0.1, -0.05) is 25.5 Å². The van der Waals surface area contributed by atoms with Crippen LogP contribution in [-0.4, -0.2) is 9.97 Å². The molecule has 1 atom stereocenters. The Morgan fingerprint density at radius 1 is 1.44 bits per heavy atom. The summed E-state index contributed by atoms with van der Waals surface area (Å²) in [6.45, 7) is 4.03. The first-order valence-corrected chi connectivity index (χ1v) is 6.13. The Morgan fingerprint density at radius 2 is 2.22 bits per heavy atom. The number of halogens is 1. The molecule has 0 radical (unpaired) electrons. The second kappa shape index (κ2) is 4.90. The van der Waals surface area contributed by atoms with Gasteiger partial charge in [-0.2, -0.15) is 0 Å². The van der Waals surface area contributed by atoms with Crippen LogP contribution in [0.1, 0.15) is 32.5 Å². The van der Waals surface area contributed by atoms with E-state index in [0.29, 0.717) is 0 Å². The summed E-state index contributed by atoms with van der Waals surface area (Å²) in [7, 11) is 0. The lowest BCUT2D eigenvalue weighted by Gasteiger charge is -2.21. The zero-order chi connectivity index (χ0) is 13.2. The minimum absolute atomic E-state index is 0.257. The van der Waals surface area contributed by atoms with Crippen molar-refractivity contribution in [3.63, 3.8) is 0 Å². The number of H-pyrrole nitrogens is 1. The van der Waals surface area contributed by atoms with Crippen LogP contribution in [0.2, 0.25) is 0 Å². The summed E-state index contributed by atoms with van der Waals surface area (Å²) in [6.07, 6.45) is 3.54. The van der Waals surface area contributed by atoms with Crippen molar-refractivity contribution >= 4 is 0 Å². The van der Waals surface area contributed by atoms with Gasteiger partial charge in [-0.05, 0) is 25.5 Å². The fourth-order valence-electron chi connectivity index (χ4n) is 2.05. The fourth-order valence-corrected chi connectivity index (χ4v) is 2.05. The van der Waals surface area contributed by atoms with Crippen molar-refractivity contribution in [3.05, 3.63) is 42.1 Å². The van der Waals surface area contributed by atoms with Gasteiger partial charge < -0.3 is 10.7 Å². The van der Waals surface area contributed by atoms with Gasteiger partial charge >= 0.3 is 0 Å². The first-order chi connectivity index (χ1) is 8.53. The van der Waals surface area contributed by atoms with Gasteiger partial charge in [-0.15, -0.1) is 0 Å². The summed E-state index contributed by atoms with van der Waals surface area (Å²) < 4.78 is 13.2. The number of nitrogens with two attached hydrogens (primary N) is 1. The van der Waals surface area contributed by atoms with Crippen LogP contribution in [0.4, 0.5) is 4.39 Å². The van der Waals surface area contributed by atoms with E-state index >= 15 is 0 Å². The van der Waals surface area contributed by atoms with Crippen molar-refractivity contribution in [1.29, 1.82) is 0 Å². The minimum atomic E-state index is -0.472. The third kappa shape index (κ3) is 2.59. The summed E-state index contributed by atoms with van der Waals surface area (Å²) in [5.74, 6) is 0.483. The number of nitrogens with one attached hydrogen (secondary N) is 1. The first kappa shape index (κ1) is 12.8. The summed E-state index contributed by atoms with van der Waals surface area (Å²) in [6, 6.07) is 6.42. The zero-order valence-electron chi connectivity index (χ0n) is 10.7. The van der Waals surface area contributed by atoms with Crippen LogP contribution in [0.15, 0.2) is 30.5 Å². The SMILES string of the molecule is CCCC(C)(N)c1ncc(-c2cccc(F)c2)[nH]1. The molecule has 4 heteroatoms. The molecule has 0 amide bonds. The van der Waals surface area contributed by atoms with Crippen molar-refractivity contribution in [2.45, 2.75) is 32.2 Å². The van der Waals surface area contributed by atoms with Crippen molar-refractivity contribution in [2.75, 3.05) is 0 Å². The van der Waals surface area contributed by atoms with Crippen molar-refractivity contribution in [3.8, 4) is 11.3 Å². The van der Waals surface area contributed by atoms with E-state index in [-0.39, 0.29) is 5.82 Å². The van der Waals surface area contributed by atoms with E-state index in [1.807, 2.05) is 13.0 Å². The van der Waals surface area contributed by atoms with Gasteiger partial charge in [-0.3, -0.25) is 0 Å². The molecule has 3 nitrogen and oxygen atoms in total. The predicted octanol–water partition coefficient (Wildman–Crippen LogP) is 3.19. The molecule has 18 heavy (non-hydrogen) atoms. The molecule has 0 saturated heterocycles. The number of aromatic amines is 1. The highest BCUT2D eigenvalue weighted by Gasteiger charge is 2.23. The molecule has 0 spiro atoms. The Morgan fingerprint density at radius 3 is 2.89 bits per heavy atom. The van der Waals surface area contributed by atoms with Crippen molar-refractivity contribution in [2.24, 2.45) is 5.73 Å². The molecule has 2 rings (SSSR count). The zero-order valence-corrected chi connectivity index (χ0v) is 10.7. The number of hydrogen-bond acceptors (Lipinski definition) is 2. The monoisotopic (exact) mass is 247 g/mol. The van der Waals surface area contributed by atoms with Gasteiger partial charge in [0.1, 0.15) is 11.6 Å². The van der Waals surface area contributed by atoms with Crippen molar-refractivity contribution < 1.29 is 4.39 Å². The smallest absolute Gasteiger partial charge is 0.126 e. The standard InChI is InChI=1S/C14H18FN3/c1-3-7-14(2,16)13-17-9-12(18-13)10-5-4-6-11(15)8-10/h4-6,8-9H,3,7,16H2,1-2H3,(H,17,18). The number of hydrogen-bond donors (Lipinski definition) is 2. The molecule has 1 unspecified atom stereocenters. The highest BCUT2D eigenvalue weighted by Crippen LogP contribution is 2.24. The summed E-state index contributed by atoms with van der Waals surface area (Å²) >= 11 is 0. The van der Waals surface area contributed by atoms with Crippen LogP contribution < -0.4 is 5.73 Å². The fraction of sp³-hybridized carbons (Fsp3) is 0.357. The Kier molecular flexibility index (Phi) is 3.48. The molecule has 0 aliphatic rings. The van der Waals surface area contributed by atoms with Crippen LogP contribution >= 0.6 is 0 Å². The molecule has 1 aromatic carbocycles. The van der Waals surface area contributed by atoms with Crippen LogP contribution in [0.25, 0.3) is 11.3 Å². The number of aromatic nitrogens is 2. The molecule has 96 valence electrons. The third-order valence-electron chi connectivity index (χ3n) is 3.02. The molecule has 2 aromatic rings. The topological polar surface area (TPSA) is 54.7 Å². The third-order valence-corrected chi connectivity index (χ3v) is 3.02. The molecule has 0 aliphatic carbocycles. The molecule has 0 saturated carbocycles. The van der Waals surface area contributed by atoms with E-state index in [2.05, 4.69) is 16.9 Å². The van der Waals surface area contributed by atoms with Crippen LogP contribution in [0, 0.1) is 5.82 Å². The summed E-state index contributed by atoms with van der Waals surface area (Å²) in [4.78, 5) is 7.49. The average molecular weight is 247 g/mol. The Hall–Kier alpha value is -1.68. The maximum atomic E-state index is 13.2. The normalized spacial score (nSPS) is 14.4. The highest BCUT2D eigenvalue weighted by atomic mass is 19.1. The van der Waals surface area contributed by atoms with Gasteiger partial charge in [0.25, 0.3) is 0 Å². The molecule has 1 heterocycles. The maximum Gasteiger partial charge on any atom is 0.126 e. The molecular formula is C14H18FN3. The lowest BCUT2D eigenvalue weighted by molar-refractivity contribution is 0.423. The van der Waals surface area contributed by atoms with Gasteiger partial charge in [0.2, 0.25) is 0 Å². The van der Waals surface area contributed by atoms with E-state index in [4.69, 9.17) is 5.73 Å². The number of imidazole rings is 1. The minimum Gasteiger partial charge on any atom is -0.340 e. The molecule has 0 aliphatic heterocycles. The lowest BCUT2D eigenvalue weighted by Crippen LogP contribution is -2.34. The molecule has 0 bridgehead atoms. The molecule has 1 aromatic heterocycles. The quantitative estimate of drug-likeness (QED) is 0.871. The summed E-state index contributed by atoms with van der Waals surface area (Å²) in [5.41, 5.74) is 7.30. The van der Waals surface area contributed by atoms with E-state index in [0.717, 1.165) is 29.9 Å². The average Bonchev–Trinajstić information content (AvgIpc) is 2.78. The van der Waals surface area contributed by atoms with E-state index in [1.54, 1.807) is 12.3 Å². The van der Waals surface area contributed by atoms with Gasteiger partial charge in [-0.25, -0.2) is 9.37 Å². The van der Waals surface area contributed by atoms with Crippen LogP contribution in [0.3, 0.4) is 0 Å². The Balaban J connectivity index is 2.31. The second-order valence-corrected chi connectivity index (χ2v) is 4.82. The maximum absolute atomic E-state index is 13.2. The molecule has 0 fully saturated rings. The number of benzene rings is 1. The molecular weight excluding hydrogens is 229 g/mol. The van der Waals surface area contributed by atoms with Gasteiger partial charge in [0.15, 0.2) is 0 Å². The largest absolute Gasteiger partial charge is 0.340 e.